The molecule has 144 valence electrons. The van der Waals surface area contributed by atoms with E-state index in [9.17, 15) is 24.5 Å². The molecule has 14 heteroatoms. The lowest BCUT2D eigenvalue weighted by atomic mass is 9.97. The summed E-state index contributed by atoms with van der Waals surface area (Å²) < 4.78 is 20.1. The maximum atomic E-state index is 11.4. The maximum Gasteiger partial charge on any atom is 0.303 e. The molecule has 1 aliphatic rings. The molecule has 1 rings (SSSR count). The molecular formula is C12H16N4O10. The van der Waals surface area contributed by atoms with Gasteiger partial charge in [0.25, 0.3) is 5.09 Å². The van der Waals surface area contributed by atoms with Crippen LogP contribution in [0.5, 0.6) is 0 Å². The normalized spacial score (nSPS) is 27.4. The van der Waals surface area contributed by atoms with Crippen molar-refractivity contribution in [2.75, 3.05) is 6.61 Å². The van der Waals surface area contributed by atoms with Crippen LogP contribution >= 0.6 is 0 Å². The highest BCUT2D eigenvalue weighted by atomic mass is 17.0. The van der Waals surface area contributed by atoms with Crippen molar-refractivity contribution in [3.05, 3.63) is 20.6 Å². The van der Waals surface area contributed by atoms with Crippen molar-refractivity contribution in [3.8, 4) is 0 Å². The minimum absolute atomic E-state index is 0.494. The highest BCUT2D eigenvalue weighted by molar-refractivity contribution is 5.68. The Balaban J connectivity index is 3.28. The molecule has 0 unspecified atom stereocenters. The molecule has 1 fully saturated rings. The number of esters is 3. The summed E-state index contributed by atoms with van der Waals surface area (Å²) in [5.74, 6) is -2.36. The van der Waals surface area contributed by atoms with E-state index in [1.165, 1.54) is 0 Å². The van der Waals surface area contributed by atoms with Crippen molar-refractivity contribution < 1.29 is 43.3 Å². The fourth-order valence-corrected chi connectivity index (χ4v) is 2.24. The average molecular weight is 376 g/mol. The van der Waals surface area contributed by atoms with Crippen LogP contribution in [0, 0.1) is 10.1 Å². The lowest BCUT2D eigenvalue weighted by molar-refractivity contribution is -0.783. The summed E-state index contributed by atoms with van der Waals surface area (Å²) in [7, 11) is 0. The number of nitrogens with zero attached hydrogens (tertiary/aromatic N) is 4. The fraction of sp³-hybridized carbons (Fsp3) is 0.750. The van der Waals surface area contributed by atoms with Crippen LogP contribution in [0.2, 0.25) is 0 Å². The van der Waals surface area contributed by atoms with Gasteiger partial charge in [-0.05, 0) is 5.53 Å². The number of ether oxygens (including phenoxy) is 4. The SMILES string of the molecule is CC(=O)OC[C@H]1O[C@@H](O[N+](=O)[O-])[C@H](N=[N+]=[N-])[C@@H](OC(C)=O)[C@H]1OC(C)=O. The first-order valence-corrected chi connectivity index (χ1v) is 7.14. The number of carbonyl (C=O) groups excluding carboxylic acids is 3. The minimum atomic E-state index is -1.79. The van der Waals surface area contributed by atoms with Crippen molar-refractivity contribution in [2.24, 2.45) is 5.11 Å². The summed E-state index contributed by atoms with van der Waals surface area (Å²) >= 11 is 0. The van der Waals surface area contributed by atoms with Crippen molar-refractivity contribution in [1.82, 2.24) is 0 Å². The predicted octanol–water partition coefficient (Wildman–Crippen LogP) is 0.0250. The molecule has 0 aromatic carbocycles. The zero-order valence-corrected chi connectivity index (χ0v) is 14.0. The van der Waals surface area contributed by atoms with Crippen LogP contribution in [0.4, 0.5) is 0 Å². The van der Waals surface area contributed by atoms with Gasteiger partial charge < -0.3 is 18.9 Å². The summed E-state index contributed by atoms with van der Waals surface area (Å²) in [6, 6.07) is -1.55. The first-order chi connectivity index (χ1) is 12.1. The average Bonchev–Trinajstić information content (AvgIpc) is 2.49. The molecule has 0 spiro atoms. The molecule has 0 aliphatic carbocycles. The Morgan fingerprint density at radius 2 is 1.73 bits per heavy atom. The van der Waals surface area contributed by atoms with Gasteiger partial charge in [0, 0.05) is 25.7 Å². The number of carbonyl (C=O) groups is 3. The van der Waals surface area contributed by atoms with E-state index >= 15 is 0 Å². The van der Waals surface area contributed by atoms with Gasteiger partial charge in [-0.15, -0.1) is 10.1 Å². The molecule has 1 aliphatic heterocycles. The summed E-state index contributed by atoms with van der Waals surface area (Å²) in [5.41, 5.74) is 8.69. The summed E-state index contributed by atoms with van der Waals surface area (Å²) in [4.78, 5) is 51.3. The Hall–Kier alpha value is -3.12. The third-order valence-electron chi connectivity index (χ3n) is 3.04. The number of hydrogen-bond acceptors (Lipinski definition) is 11. The summed E-state index contributed by atoms with van der Waals surface area (Å²) in [6.45, 7) is 2.68. The maximum absolute atomic E-state index is 11.4. The minimum Gasteiger partial charge on any atom is -0.463 e. The third-order valence-corrected chi connectivity index (χ3v) is 3.04. The second kappa shape index (κ2) is 9.39. The molecule has 26 heavy (non-hydrogen) atoms. The Labute approximate surface area is 146 Å². The van der Waals surface area contributed by atoms with Crippen molar-refractivity contribution in [2.45, 2.75) is 51.4 Å². The third kappa shape index (κ3) is 6.07. The van der Waals surface area contributed by atoms with E-state index < -0.39 is 60.2 Å². The molecule has 0 aromatic rings. The molecule has 5 atom stereocenters. The van der Waals surface area contributed by atoms with Crippen molar-refractivity contribution in [3.63, 3.8) is 0 Å². The first kappa shape index (κ1) is 20.9. The second-order valence-electron chi connectivity index (χ2n) is 5.02. The van der Waals surface area contributed by atoms with Crippen LogP contribution in [0.1, 0.15) is 20.8 Å². The molecule has 0 aromatic heterocycles. The number of rotatable bonds is 7. The molecule has 0 bridgehead atoms. The highest BCUT2D eigenvalue weighted by Gasteiger charge is 2.51. The second-order valence-corrected chi connectivity index (χ2v) is 5.02. The zero-order valence-electron chi connectivity index (χ0n) is 14.0. The fourth-order valence-electron chi connectivity index (χ4n) is 2.24. The topological polar surface area (TPSA) is 189 Å². The van der Waals surface area contributed by atoms with E-state index in [1.807, 2.05) is 0 Å². The van der Waals surface area contributed by atoms with Gasteiger partial charge in [0.1, 0.15) is 18.8 Å². The Bertz CT molecular complexity index is 619. The predicted molar refractivity (Wildman–Crippen MR) is 77.4 cm³/mol. The lowest BCUT2D eigenvalue weighted by Gasteiger charge is -2.42. The molecule has 14 nitrogen and oxygen atoms in total. The van der Waals surface area contributed by atoms with Crippen LogP contribution in [0.15, 0.2) is 5.11 Å². The molecule has 0 N–H and O–H groups in total. The van der Waals surface area contributed by atoms with E-state index in [1.54, 1.807) is 0 Å². The van der Waals surface area contributed by atoms with E-state index in [0.717, 1.165) is 20.8 Å². The molecule has 0 saturated carbocycles. The van der Waals surface area contributed by atoms with E-state index in [0.29, 0.717) is 0 Å². The van der Waals surface area contributed by atoms with Gasteiger partial charge in [-0.3, -0.25) is 19.2 Å². The largest absolute Gasteiger partial charge is 0.463 e. The van der Waals surface area contributed by atoms with E-state index in [-0.39, 0.29) is 0 Å². The van der Waals surface area contributed by atoms with Crippen LogP contribution in [0.3, 0.4) is 0 Å². The number of azide groups is 1. The molecule has 0 amide bonds. The van der Waals surface area contributed by atoms with Gasteiger partial charge >= 0.3 is 17.9 Å². The Morgan fingerprint density at radius 1 is 1.15 bits per heavy atom. The lowest BCUT2D eigenvalue weighted by Crippen LogP contribution is -2.61. The highest BCUT2D eigenvalue weighted by Crippen LogP contribution is 2.29. The van der Waals surface area contributed by atoms with Crippen LogP contribution in [-0.4, -0.2) is 60.2 Å². The first-order valence-electron chi connectivity index (χ1n) is 7.14. The van der Waals surface area contributed by atoms with Gasteiger partial charge in [-0.25, -0.2) is 0 Å². The van der Waals surface area contributed by atoms with Gasteiger partial charge in [-0.1, -0.05) is 5.11 Å². The quantitative estimate of drug-likeness (QED) is 0.111. The molecule has 1 heterocycles. The van der Waals surface area contributed by atoms with Crippen molar-refractivity contribution in [1.29, 1.82) is 0 Å². The zero-order chi connectivity index (χ0) is 19.9. The van der Waals surface area contributed by atoms with Crippen LogP contribution in [0.25, 0.3) is 10.4 Å². The molecular weight excluding hydrogens is 360 g/mol. The van der Waals surface area contributed by atoms with Crippen LogP contribution in [-0.2, 0) is 38.2 Å². The van der Waals surface area contributed by atoms with Gasteiger partial charge in [0.15, 0.2) is 12.2 Å². The van der Waals surface area contributed by atoms with Gasteiger partial charge in [-0.2, -0.15) is 0 Å². The number of hydrogen-bond donors (Lipinski definition) is 0. The Morgan fingerprint density at radius 3 is 2.19 bits per heavy atom. The van der Waals surface area contributed by atoms with E-state index in [2.05, 4.69) is 14.9 Å². The summed E-state index contributed by atoms with van der Waals surface area (Å²) in [5, 5.41) is 12.8. The van der Waals surface area contributed by atoms with Gasteiger partial charge in [0.05, 0.1) is 0 Å². The van der Waals surface area contributed by atoms with Crippen LogP contribution < -0.4 is 0 Å². The van der Waals surface area contributed by atoms with E-state index in [4.69, 9.17) is 24.5 Å². The Kier molecular flexibility index (Phi) is 7.55. The molecule has 0 radical (unpaired) electrons. The van der Waals surface area contributed by atoms with Crippen molar-refractivity contribution >= 4 is 17.9 Å². The van der Waals surface area contributed by atoms with Gasteiger partial charge in [0.2, 0.25) is 6.29 Å². The molecule has 1 saturated heterocycles. The smallest absolute Gasteiger partial charge is 0.303 e. The summed E-state index contributed by atoms with van der Waals surface area (Å²) in [6.07, 6.45) is -5.94. The monoisotopic (exact) mass is 376 g/mol. The standard InChI is InChI=1S/C12H16N4O10/c1-5(17)22-4-8-10(23-6(2)18)11(24-7(3)19)9(14-15-13)12(25-8)26-16(20)21/h8-12H,4H2,1-3H3/t8-,9-,10+,11-,12+/m1/s1.